The zero-order valence-corrected chi connectivity index (χ0v) is 15.1. The maximum absolute atomic E-state index is 12.3. The van der Waals surface area contributed by atoms with Gasteiger partial charge >= 0.3 is 0 Å². The number of rotatable bonds is 5. The molecular formula is C18H25N2O4S+. The van der Waals surface area contributed by atoms with Gasteiger partial charge in [-0.1, -0.05) is 30.3 Å². The standard InChI is InChI=1S/C18H24N2O4S/c21-17(15-4-2-1-3-5-15)6-7-18(22)20-11-9-19(10-12-20)16-8-13-25(23,24)14-16/h1-5,16H,6-14H2/p+1/t16-/m1/s1. The van der Waals surface area contributed by atoms with Crippen molar-refractivity contribution >= 4 is 21.5 Å². The predicted molar refractivity (Wildman–Crippen MR) is 94.3 cm³/mol. The Hall–Kier alpha value is -1.73. The zero-order chi connectivity index (χ0) is 17.9. The summed E-state index contributed by atoms with van der Waals surface area (Å²) in [6.07, 6.45) is 1.20. The number of ketones is 1. The van der Waals surface area contributed by atoms with Gasteiger partial charge in [-0.05, 0) is 0 Å². The number of hydrogen-bond donors (Lipinski definition) is 1. The first-order valence-corrected chi connectivity index (χ1v) is 10.7. The molecule has 2 saturated heterocycles. The van der Waals surface area contributed by atoms with Gasteiger partial charge in [0.25, 0.3) is 0 Å². The van der Waals surface area contributed by atoms with Crippen LogP contribution in [0.15, 0.2) is 30.3 Å². The molecule has 1 aromatic rings. The summed E-state index contributed by atoms with van der Waals surface area (Å²) >= 11 is 0. The van der Waals surface area contributed by atoms with Crippen LogP contribution in [-0.4, -0.2) is 68.7 Å². The molecular weight excluding hydrogens is 340 g/mol. The highest BCUT2D eigenvalue weighted by atomic mass is 32.2. The fourth-order valence-corrected chi connectivity index (χ4v) is 5.54. The van der Waals surface area contributed by atoms with E-state index in [0.29, 0.717) is 24.4 Å². The summed E-state index contributed by atoms with van der Waals surface area (Å²) in [6, 6.07) is 9.22. The third kappa shape index (κ3) is 4.67. The SMILES string of the molecule is O=C(CCC(=O)N1CC[NH+]([C@@H]2CCS(=O)(=O)C2)CC1)c1ccccc1. The fourth-order valence-electron chi connectivity index (χ4n) is 3.72. The summed E-state index contributed by atoms with van der Waals surface area (Å²) < 4.78 is 23.2. The van der Waals surface area contributed by atoms with Crippen molar-refractivity contribution < 1.29 is 22.9 Å². The smallest absolute Gasteiger partial charge is 0.223 e. The summed E-state index contributed by atoms with van der Waals surface area (Å²) in [5, 5.41) is 0. The number of amides is 1. The van der Waals surface area contributed by atoms with E-state index < -0.39 is 9.84 Å². The molecule has 1 atom stereocenters. The van der Waals surface area contributed by atoms with E-state index >= 15 is 0 Å². The first kappa shape index (κ1) is 18.1. The van der Waals surface area contributed by atoms with E-state index in [1.807, 2.05) is 23.1 Å². The number of hydrogen-bond acceptors (Lipinski definition) is 4. The first-order valence-electron chi connectivity index (χ1n) is 8.86. The van der Waals surface area contributed by atoms with Crippen LogP contribution < -0.4 is 4.90 Å². The molecule has 1 aromatic carbocycles. The molecule has 2 heterocycles. The number of piperazine rings is 1. The van der Waals surface area contributed by atoms with Gasteiger partial charge in [-0.15, -0.1) is 0 Å². The lowest BCUT2D eigenvalue weighted by molar-refractivity contribution is -0.925. The van der Waals surface area contributed by atoms with Gasteiger partial charge in [-0.3, -0.25) is 9.59 Å². The van der Waals surface area contributed by atoms with Crippen molar-refractivity contribution in [1.82, 2.24) is 4.90 Å². The molecule has 3 rings (SSSR count). The summed E-state index contributed by atoms with van der Waals surface area (Å²) in [5.41, 5.74) is 0.645. The van der Waals surface area contributed by atoms with Crippen LogP contribution in [0, 0.1) is 0 Å². The van der Waals surface area contributed by atoms with Crippen molar-refractivity contribution in [3.63, 3.8) is 0 Å². The van der Waals surface area contributed by atoms with Crippen molar-refractivity contribution in [1.29, 1.82) is 0 Å². The molecule has 0 radical (unpaired) electrons. The maximum atomic E-state index is 12.3. The van der Waals surface area contributed by atoms with E-state index in [9.17, 15) is 18.0 Å². The molecule has 0 unspecified atom stereocenters. The Morgan fingerprint density at radius 3 is 2.36 bits per heavy atom. The largest absolute Gasteiger partial charge is 0.331 e. The fraction of sp³-hybridized carbons (Fsp3) is 0.556. The molecule has 136 valence electrons. The van der Waals surface area contributed by atoms with Crippen molar-refractivity contribution in [2.75, 3.05) is 37.7 Å². The minimum absolute atomic E-state index is 0.00521. The van der Waals surface area contributed by atoms with E-state index in [0.717, 1.165) is 19.5 Å². The highest BCUT2D eigenvalue weighted by Gasteiger charge is 2.37. The van der Waals surface area contributed by atoms with Crippen LogP contribution in [0.3, 0.4) is 0 Å². The van der Waals surface area contributed by atoms with Crippen LogP contribution in [0.4, 0.5) is 0 Å². The summed E-state index contributed by atoms with van der Waals surface area (Å²) in [4.78, 5) is 27.5. The lowest BCUT2D eigenvalue weighted by Crippen LogP contribution is -3.18. The van der Waals surface area contributed by atoms with Crippen molar-refractivity contribution in [2.24, 2.45) is 0 Å². The predicted octanol–water partition coefficient (Wildman–Crippen LogP) is -0.436. The van der Waals surface area contributed by atoms with E-state index in [4.69, 9.17) is 0 Å². The average molecular weight is 365 g/mol. The van der Waals surface area contributed by atoms with Crippen LogP contribution in [0.25, 0.3) is 0 Å². The third-order valence-corrected chi connectivity index (χ3v) is 7.00. The highest BCUT2D eigenvalue weighted by Crippen LogP contribution is 2.10. The second-order valence-electron chi connectivity index (χ2n) is 6.93. The lowest BCUT2D eigenvalue weighted by Gasteiger charge is -2.35. The molecule has 1 amide bonds. The number of benzene rings is 1. The second-order valence-corrected chi connectivity index (χ2v) is 9.16. The molecule has 2 aliphatic heterocycles. The van der Waals surface area contributed by atoms with Gasteiger partial charge in [-0.25, -0.2) is 8.42 Å². The molecule has 0 spiro atoms. The van der Waals surface area contributed by atoms with Crippen LogP contribution in [0.5, 0.6) is 0 Å². The molecule has 0 aromatic heterocycles. The lowest BCUT2D eigenvalue weighted by atomic mass is 10.1. The number of sulfone groups is 1. The molecule has 25 heavy (non-hydrogen) atoms. The normalized spacial score (nSPS) is 23.5. The molecule has 2 aliphatic rings. The van der Waals surface area contributed by atoms with Crippen LogP contribution >= 0.6 is 0 Å². The average Bonchev–Trinajstić information content (AvgIpc) is 3.00. The Labute approximate surface area is 148 Å². The van der Waals surface area contributed by atoms with E-state index in [1.165, 1.54) is 4.90 Å². The number of Topliss-reactive ketones (excluding diaryl/α,β-unsaturated/α-hetero) is 1. The second kappa shape index (κ2) is 7.66. The van der Waals surface area contributed by atoms with Gasteiger partial charge in [0.2, 0.25) is 5.91 Å². The van der Waals surface area contributed by atoms with Crippen molar-refractivity contribution in [3.05, 3.63) is 35.9 Å². The number of carbonyl (C=O) groups excluding carboxylic acids is 2. The number of nitrogens with zero attached hydrogens (tertiary/aromatic N) is 1. The van der Waals surface area contributed by atoms with Crippen molar-refractivity contribution in [3.8, 4) is 0 Å². The Kier molecular flexibility index (Phi) is 5.54. The topological polar surface area (TPSA) is 76.0 Å². The first-order chi connectivity index (χ1) is 11.9. The van der Waals surface area contributed by atoms with Gasteiger partial charge in [-0.2, -0.15) is 0 Å². The Bertz CT molecular complexity index is 725. The Balaban J connectivity index is 1.43. The molecule has 2 fully saturated rings. The summed E-state index contributed by atoms with van der Waals surface area (Å²) in [6.45, 7) is 2.87. The Morgan fingerprint density at radius 1 is 1.08 bits per heavy atom. The van der Waals surface area contributed by atoms with Crippen LogP contribution in [0.2, 0.25) is 0 Å². The third-order valence-electron chi connectivity index (χ3n) is 5.23. The highest BCUT2D eigenvalue weighted by molar-refractivity contribution is 7.91. The molecule has 1 N–H and O–H groups in total. The van der Waals surface area contributed by atoms with E-state index in [2.05, 4.69) is 0 Å². The minimum atomic E-state index is -2.86. The molecule has 6 nitrogen and oxygen atoms in total. The molecule has 0 saturated carbocycles. The van der Waals surface area contributed by atoms with Crippen molar-refractivity contribution in [2.45, 2.75) is 25.3 Å². The number of quaternary nitrogens is 1. The van der Waals surface area contributed by atoms with Gasteiger partial charge < -0.3 is 9.80 Å². The van der Waals surface area contributed by atoms with Gasteiger partial charge in [0.05, 0.1) is 31.9 Å². The Morgan fingerprint density at radius 2 is 1.76 bits per heavy atom. The van der Waals surface area contributed by atoms with Crippen LogP contribution in [0.1, 0.15) is 29.6 Å². The summed E-state index contributed by atoms with van der Waals surface area (Å²) in [7, 11) is -2.86. The quantitative estimate of drug-likeness (QED) is 0.718. The molecule has 0 aliphatic carbocycles. The number of carbonyl (C=O) groups is 2. The maximum Gasteiger partial charge on any atom is 0.223 e. The van der Waals surface area contributed by atoms with E-state index in [1.54, 1.807) is 12.1 Å². The molecule has 7 heteroatoms. The van der Waals surface area contributed by atoms with Crippen LogP contribution in [-0.2, 0) is 14.6 Å². The summed E-state index contributed by atoms with van der Waals surface area (Å²) in [5.74, 6) is 0.588. The minimum Gasteiger partial charge on any atom is -0.331 e. The van der Waals surface area contributed by atoms with Gasteiger partial charge in [0, 0.05) is 24.8 Å². The van der Waals surface area contributed by atoms with E-state index in [-0.39, 0.29) is 36.3 Å². The van der Waals surface area contributed by atoms with Gasteiger partial charge in [0.15, 0.2) is 15.6 Å². The number of nitrogens with one attached hydrogen (secondary N) is 1. The molecule has 0 bridgehead atoms. The monoisotopic (exact) mass is 365 g/mol. The zero-order valence-electron chi connectivity index (χ0n) is 14.3. The van der Waals surface area contributed by atoms with Gasteiger partial charge in [0.1, 0.15) is 11.8 Å².